The zero-order valence-electron chi connectivity index (χ0n) is 11.7. The molecule has 0 aliphatic heterocycles. The number of rotatable bonds is 9. The lowest BCUT2D eigenvalue weighted by molar-refractivity contribution is -0.135. The number of carbonyl (C=O) groups is 1. The molecule has 1 aliphatic rings. The minimum Gasteiger partial charge on any atom is -0.383 e. The number of ether oxygens (including phenoxy) is 2. The number of nitrogens with two attached hydrogens (primary N) is 1. The number of carbonyl (C=O) groups excluding carboxylic acids is 1. The topological polar surface area (TPSA) is 64.8 Å². The van der Waals surface area contributed by atoms with E-state index in [1.807, 2.05) is 11.8 Å². The minimum atomic E-state index is 0.0114. The van der Waals surface area contributed by atoms with Gasteiger partial charge in [-0.2, -0.15) is 0 Å². The lowest BCUT2D eigenvalue weighted by Gasteiger charge is -2.29. The molecule has 0 saturated heterocycles. The molecule has 2 atom stereocenters. The van der Waals surface area contributed by atoms with Crippen LogP contribution in [-0.2, 0) is 14.3 Å². The van der Waals surface area contributed by atoms with Crippen LogP contribution in [0.3, 0.4) is 0 Å². The maximum absolute atomic E-state index is 12.2. The van der Waals surface area contributed by atoms with Gasteiger partial charge in [0.2, 0.25) is 5.91 Å². The highest BCUT2D eigenvalue weighted by Gasteiger charge is 2.31. The second-order valence-corrected chi connectivity index (χ2v) is 5.09. The largest absolute Gasteiger partial charge is 0.383 e. The lowest BCUT2D eigenvalue weighted by atomic mass is 10.1. The molecule has 1 fully saturated rings. The van der Waals surface area contributed by atoms with E-state index < -0.39 is 0 Å². The predicted molar refractivity (Wildman–Crippen MR) is 70.2 cm³/mol. The van der Waals surface area contributed by atoms with Crippen molar-refractivity contribution < 1.29 is 14.3 Å². The first-order valence-corrected chi connectivity index (χ1v) is 6.63. The van der Waals surface area contributed by atoms with E-state index in [4.69, 9.17) is 15.2 Å². The number of nitrogens with zero attached hydrogens (tertiary/aromatic N) is 1. The molecule has 2 N–H and O–H groups in total. The van der Waals surface area contributed by atoms with Crippen molar-refractivity contribution >= 4 is 5.91 Å². The van der Waals surface area contributed by atoms with Crippen LogP contribution in [0, 0.1) is 5.92 Å². The van der Waals surface area contributed by atoms with Crippen LogP contribution < -0.4 is 5.73 Å². The Morgan fingerprint density at radius 1 is 1.39 bits per heavy atom. The summed E-state index contributed by atoms with van der Waals surface area (Å²) in [4.78, 5) is 14.1. The van der Waals surface area contributed by atoms with Crippen molar-refractivity contribution in [2.75, 3.05) is 34.0 Å². The summed E-state index contributed by atoms with van der Waals surface area (Å²) < 4.78 is 10.2. The molecule has 18 heavy (non-hydrogen) atoms. The second kappa shape index (κ2) is 7.71. The molecule has 106 valence electrons. The van der Waals surface area contributed by atoms with E-state index in [1.165, 1.54) is 12.8 Å². The fraction of sp³-hybridized carbons (Fsp3) is 0.923. The quantitative estimate of drug-likeness (QED) is 0.658. The summed E-state index contributed by atoms with van der Waals surface area (Å²) in [5.41, 5.74) is 6.01. The van der Waals surface area contributed by atoms with E-state index in [-0.39, 0.29) is 18.0 Å². The van der Waals surface area contributed by atoms with Gasteiger partial charge in [-0.3, -0.25) is 4.79 Å². The van der Waals surface area contributed by atoms with Crippen LogP contribution in [0.1, 0.15) is 26.2 Å². The number of amides is 1. The van der Waals surface area contributed by atoms with E-state index in [0.29, 0.717) is 32.1 Å². The van der Waals surface area contributed by atoms with Crippen LogP contribution in [0.25, 0.3) is 0 Å². The average Bonchev–Trinajstić information content (AvgIpc) is 3.13. The minimum absolute atomic E-state index is 0.0114. The summed E-state index contributed by atoms with van der Waals surface area (Å²) in [6, 6.07) is 0.0707. The van der Waals surface area contributed by atoms with Crippen molar-refractivity contribution in [3.8, 4) is 0 Å². The molecule has 1 rings (SSSR count). The van der Waals surface area contributed by atoms with Gasteiger partial charge in [0.1, 0.15) is 0 Å². The molecule has 0 heterocycles. The monoisotopic (exact) mass is 258 g/mol. The molecule has 0 radical (unpaired) electrons. The number of methoxy groups -OCH3 is 2. The van der Waals surface area contributed by atoms with Gasteiger partial charge in [-0.1, -0.05) is 0 Å². The molecule has 1 aliphatic carbocycles. The van der Waals surface area contributed by atoms with Crippen molar-refractivity contribution in [2.45, 2.75) is 38.3 Å². The van der Waals surface area contributed by atoms with Gasteiger partial charge in [0, 0.05) is 33.2 Å². The fourth-order valence-electron chi connectivity index (χ4n) is 2.12. The lowest BCUT2D eigenvalue weighted by Crippen LogP contribution is -2.45. The Labute approximate surface area is 110 Å². The normalized spacial score (nSPS) is 18.4. The SMILES string of the molecule is COCCN(C(=O)CC(N)C1CC1)C(C)COC. The standard InChI is InChI=1S/C13H26N2O3/c1-10(9-18-3)15(6-7-17-2)13(16)8-12(14)11-4-5-11/h10-12H,4-9,14H2,1-3H3. The summed E-state index contributed by atoms with van der Waals surface area (Å²) in [6.07, 6.45) is 2.77. The summed E-state index contributed by atoms with van der Waals surface area (Å²) in [5, 5.41) is 0. The van der Waals surface area contributed by atoms with Crippen molar-refractivity contribution in [2.24, 2.45) is 11.7 Å². The van der Waals surface area contributed by atoms with Crippen molar-refractivity contribution in [1.29, 1.82) is 0 Å². The maximum atomic E-state index is 12.2. The first-order chi connectivity index (χ1) is 8.60. The van der Waals surface area contributed by atoms with Crippen molar-refractivity contribution in [1.82, 2.24) is 4.90 Å². The summed E-state index contributed by atoms with van der Waals surface area (Å²) in [5.74, 6) is 0.659. The number of hydrogen-bond acceptors (Lipinski definition) is 4. The van der Waals surface area contributed by atoms with E-state index >= 15 is 0 Å². The third-order valence-corrected chi connectivity index (χ3v) is 3.43. The van der Waals surface area contributed by atoms with Gasteiger partial charge in [0.05, 0.1) is 19.3 Å². The molecule has 0 aromatic carbocycles. The highest BCUT2D eigenvalue weighted by atomic mass is 16.5. The number of hydrogen-bond donors (Lipinski definition) is 1. The molecule has 0 bridgehead atoms. The van der Waals surface area contributed by atoms with E-state index in [2.05, 4.69) is 0 Å². The molecule has 0 aromatic heterocycles. The van der Waals surface area contributed by atoms with E-state index in [9.17, 15) is 4.79 Å². The molecule has 1 saturated carbocycles. The Hall–Kier alpha value is -0.650. The van der Waals surface area contributed by atoms with Crippen molar-refractivity contribution in [3.63, 3.8) is 0 Å². The second-order valence-electron chi connectivity index (χ2n) is 5.09. The first kappa shape index (κ1) is 15.4. The molecule has 0 spiro atoms. The van der Waals surface area contributed by atoms with Gasteiger partial charge >= 0.3 is 0 Å². The Bertz CT molecular complexity index is 257. The van der Waals surface area contributed by atoms with Crippen LogP contribution in [0.4, 0.5) is 0 Å². The molecule has 1 amide bonds. The zero-order chi connectivity index (χ0) is 13.5. The Morgan fingerprint density at radius 2 is 2.06 bits per heavy atom. The van der Waals surface area contributed by atoms with Gasteiger partial charge in [-0.15, -0.1) is 0 Å². The van der Waals surface area contributed by atoms with Gasteiger partial charge in [0.25, 0.3) is 0 Å². The third-order valence-electron chi connectivity index (χ3n) is 3.43. The molecule has 5 heteroatoms. The molecule has 2 unspecified atom stereocenters. The summed E-state index contributed by atoms with van der Waals surface area (Å²) in [7, 11) is 3.28. The van der Waals surface area contributed by atoms with E-state index in [0.717, 1.165) is 0 Å². The molecular weight excluding hydrogens is 232 g/mol. The van der Waals surface area contributed by atoms with Crippen LogP contribution in [0.5, 0.6) is 0 Å². The van der Waals surface area contributed by atoms with Gasteiger partial charge in [0.15, 0.2) is 0 Å². The average molecular weight is 258 g/mol. The summed E-state index contributed by atoms with van der Waals surface area (Å²) in [6.45, 7) is 3.66. The molecule has 0 aromatic rings. The van der Waals surface area contributed by atoms with Gasteiger partial charge in [-0.05, 0) is 25.7 Å². The highest BCUT2D eigenvalue weighted by molar-refractivity contribution is 5.77. The Morgan fingerprint density at radius 3 is 2.56 bits per heavy atom. The van der Waals surface area contributed by atoms with Crippen LogP contribution in [-0.4, -0.2) is 56.9 Å². The highest BCUT2D eigenvalue weighted by Crippen LogP contribution is 2.33. The van der Waals surface area contributed by atoms with Crippen LogP contribution >= 0.6 is 0 Å². The van der Waals surface area contributed by atoms with E-state index in [1.54, 1.807) is 14.2 Å². The first-order valence-electron chi connectivity index (χ1n) is 6.63. The maximum Gasteiger partial charge on any atom is 0.224 e. The zero-order valence-corrected chi connectivity index (χ0v) is 11.7. The molecule has 5 nitrogen and oxygen atoms in total. The van der Waals surface area contributed by atoms with Crippen LogP contribution in [0.15, 0.2) is 0 Å². The Balaban J connectivity index is 2.47. The smallest absolute Gasteiger partial charge is 0.224 e. The third kappa shape index (κ3) is 4.92. The van der Waals surface area contributed by atoms with Gasteiger partial charge in [-0.25, -0.2) is 0 Å². The molecular formula is C13H26N2O3. The van der Waals surface area contributed by atoms with Gasteiger partial charge < -0.3 is 20.1 Å². The Kier molecular flexibility index (Phi) is 6.60. The summed E-state index contributed by atoms with van der Waals surface area (Å²) >= 11 is 0. The van der Waals surface area contributed by atoms with Crippen LogP contribution in [0.2, 0.25) is 0 Å². The predicted octanol–water partition coefficient (Wildman–Crippen LogP) is 0.624. The fourth-order valence-corrected chi connectivity index (χ4v) is 2.12. The van der Waals surface area contributed by atoms with Crippen molar-refractivity contribution in [3.05, 3.63) is 0 Å².